The highest BCUT2D eigenvalue weighted by Gasteiger charge is 2.40. The zero-order chi connectivity index (χ0) is 35.9. The van der Waals surface area contributed by atoms with Gasteiger partial charge < -0.3 is 34.5 Å². The summed E-state index contributed by atoms with van der Waals surface area (Å²) in [5.74, 6) is -0.772. The van der Waals surface area contributed by atoms with Gasteiger partial charge in [-0.1, -0.05) is 53.1 Å². The lowest BCUT2D eigenvalue weighted by Gasteiger charge is -2.42. The molecule has 264 valence electrons. The van der Waals surface area contributed by atoms with Crippen LogP contribution in [0.1, 0.15) is 56.5 Å². The Bertz CT molecular complexity index is 1610. The van der Waals surface area contributed by atoms with E-state index in [4.69, 9.17) is 0 Å². The summed E-state index contributed by atoms with van der Waals surface area (Å²) in [6.45, 7) is 23.3. The van der Waals surface area contributed by atoms with Crippen LogP contribution >= 0.6 is 0 Å². The lowest BCUT2D eigenvalue weighted by molar-refractivity contribution is -0.140. The van der Waals surface area contributed by atoms with Crippen molar-refractivity contribution < 1.29 is 9.90 Å². The molecular weight excluding hydrogens is 621 g/mol. The summed E-state index contributed by atoms with van der Waals surface area (Å²) in [6.07, 6.45) is 12.9. The van der Waals surface area contributed by atoms with Crippen molar-refractivity contribution in [1.29, 1.82) is 0 Å². The Kier molecular flexibility index (Phi) is 9.67. The van der Waals surface area contributed by atoms with Gasteiger partial charge in [-0.05, 0) is 95.7 Å². The predicted octanol–water partition coefficient (Wildman–Crippen LogP) is 7.98. The molecule has 3 aliphatic heterocycles. The molecule has 0 bridgehead atoms. The average molecular weight is 675 g/mol. The monoisotopic (exact) mass is 674 g/mol. The summed E-state index contributed by atoms with van der Waals surface area (Å²) >= 11 is 0. The number of hydrogen-bond acceptors (Lipinski definition) is 7. The molecule has 3 aliphatic rings. The van der Waals surface area contributed by atoms with E-state index in [1.807, 2.05) is 0 Å². The maximum absolute atomic E-state index is 12.8. The molecule has 3 aromatic carbocycles. The normalized spacial score (nSPS) is 15.9. The van der Waals surface area contributed by atoms with Gasteiger partial charge in [-0.3, -0.25) is 4.79 Å². The first-order valence-electron chi connectivity index (χ1n) is 17.7. The van der Waals surface area contributed by atoms with E-state index in [0.717, 1.165) is 0 Å². The first kappa shape index (κ1) is 35.0. The second kappa shape index (κ2) is 13.8. The largest absolute Gasteiger partial charge is 0.481 e. The summed E-state index contributed by atoms with van der Waals surface area (Å²) < 4.78 is 0. The first-order valence-corrected chi connectivity index (χ1v) is 17.7. The minimum Gasteiger partial charge on any atom is -0.481 e. The summed E-state index contributed by atoms with van der Waals surface area (Å²) in [4.78, 5) is 26.6. The van der Waals surface area contributed by atoms with Gasteiger partial charge in [-0.2, -0.15) is 0 Å². The van der Waals surface area contributed by atoms with Crippen molar-refractivity contribution in [1.82, 2.24) is 14.7 Å². The SMILES string of the molecule is Cc1cc(C)c(N2C=CN(CC(CC(=O)O)(CN3C=CN(c4c(C)cc(C)cc4C)C3)CN3C=CN(c4c(C)cc(C)cc4C)C3)C2)c(C)c1. The van der Waals surface area contributed by atoms with Crippen molar-refractivity contribution in [3.63, 3.8) is 0 Å². The number of carboxylic acid groups (broad SMARTS) is 1. The van der Waals surface area contributed by atoms with Gasteiger partial charge in [0.15, 0.2) is 0 Å². The number of anilines is 3. The van der Waals surface area contributed by atoms with E-state index >= 15 is 0 Å². The van der Waals surface area contributed by atoms with Gasteiger partial charge in [-0.15, -0.1) is 0 Å². The number of carboxylic acids is 1. The molecule has 0 saturated carbocycles. The van der Waals surface area contributed by atoms with Gasteiger partial charge in [0.25, 0.3) is 0 Å². The van der Waals surface area contributed by atoms with Gasteiger partial charge in [0, 0.05) is 79.3 Å². The van der Waals surface area contributed by atoms with Crippen molar-refractivity contribution >= 4 is 23.0 Å². The second-order valence-corrected chi connectivity index (χ2v) is 15.3. The Balaban J connectivity index is 1.28. The van der Waals surface area contributed by atoms with Crippen molar-refractivity contribution in [2.45, 2.75) is 68.7 Å². The molecule has 6 rings (SSSR count). The van der Waals surface area contributed by atoms with Gasteiger partial charge in [0.2, 0.25) is 0 Å². The molecule has 0 aliphatic carbocycles. The average Bonchev–Trinajstić information content (AvgIpc) is 3.74. The third kappa shape index (κ3) is 7.35. The summed E-state index contributed by atoms with van der Waals surface area (Å²) in [5, 5.41) is 10.5. The maximum Gasteiger partial charge on any atom is 0.304 e. The van der Waals surface area contributed by atoms with Crippen molar-refractivity contribution in [3.8, 4) is 0 Å². The number of nitrogens with zero attached hydrogens (tertiary/aromatic N) is 6. The maximum atomic E-state index is 12.8. The molecule has 0 fully saturated rings. The zero-order valence-corrected chi connectivity index (χ0v) is 31.4. The fraction of sp³-hybridized carbons (Fsp3) is 0.405. The Hall–Kier alpha value is -4.85. The molecule has 0 aromatic heterocycles. The van der Waals surface area contributed by atoms with Crippen LogP contribution < -0.4 is 14.7 Å². The molecule has 0 radical (unpaired) electrons. The number of aliphatic carboxylic acids is 1. The molecule has 0 saturated heterocycles. The van der Waals surface area contributed by atoms with Crippen LogP contribution in [0.4, 0.5) is 17.1 Å². The van der Waals surface area contributed by atoms with E-state index in [1.165, 1.54) is 67.1 Å². The quantitative estimate of drug-likeness (QED) is 0.220. The van der Waals surface area contributed by atoms with Crippen LogP contribution in [0.15, 0.2) is 73.6 Å². The predicted molar refractivity (Wildman–Crippen MR) is 206 cm³/mol. The van der Waals surface area contributed by atoms with Crippen molar-refractivity contribution in [2.24, 2.45) is 5.41 Å². The molecular formula is C42H54N6O2. The van der Waals surface area contributed by atoms with Gasteiger partial charge in [0.1, 0.15) is 0 Å². The third-order valence-corrected chi connectivity index (χ3v) is 10.3. The molecule has 8 nitrogen and oxygen atoms in total. The van der Waals surface area contributed by atoms with E-state index in [-0.39, 0.29) is 6.42 Å². The Morgan fingerprint density at radius 2 is 0.760 bits per heavy atom. The van der Waals surface area contributed by atoms with E-state index in [1.54, 1.807) is 0 Å². The highest BCUT2D eigenvalue weighted by atomic mass is 16.4. The van der Waals surface area contributed by atoms with E-state index in [0.29, 0.717) is 39.6 Å². The molecule has 3 heterocycles. The third-order valence-electron chi connectivity index (χ3n) is 10.3. The Morgan fingerprint density at radius 3 is 1.00 bits per heavy atom. The lowest BCUT2D eigenvalue weighted by atomic mass is 9.82. The molecule has 8 heteroatoms. The topological polar surface area (TPSA) is 56.7 Å². The second-order valence-electron chi connectivity index (χ2n) is 15.3. The van der Waals surface area contributed by atoms with Crippen molar-refractivity contribution in [3.05, 3.63) is 124 Å². The molecule has 50 heavy (non-hydrogen) atoms. The number of carbonyl (C=O) groups is 1. The molecule has 0 atom stereocenters. The first-order chi connectivity index (χ1) is 23.7. The highest BCUT2D eigenvalue weighted by molar-refractivity contribution is 5.68. The van der Waals surface area contributed by atoms with Crippen LogP contribution in [-0.2, 0) is 4.79 Å². The molecule has 0 spiro atoms. The summed E-state index contributed by atoms with van der Waals surface area (Å²) in [5.41, 5.74) is 14.4. The minimum atomic E-state index is -0.772. The van der Waals surface area contributed by atoms with E-state index < -0.39 is 11.4 Å². The van der Waals surface area contributed by atoms with Crippen LogP contribution in [0, 0.1) is 67.7 Å². The van der Waals surface area contributed by atoms with Crippen LogP contribution in [0.3, 0.4) is 0 Å². The lowest BCUT2D eigenvalue weighted by Crippen LogP contribution is -2.51. The summed E-state index contributed by atoms with van der Waals surface area (Å²) in [7, 11) is 0. The van der Waals surface area contributed by atoms with Gasteiger partial charge in [0.05, 0.1) is 26.4 Å². The van der Waals surface area contributed by atoms with Gasteiger partial charge in [-0.25, -0.2) is 0 Å². The minimum absolute atomic E-state index is 0.0553. The number of benzene rings is 3. The standard InChI is InChI=1S/C42H54N6O2/c1-29-16-32(4)39(33(5)17-29)46-13-10-43(26-46)23-42(22-38(49)50,24-44-11-14-47(27-44)40-34(6)18-30(2)19-35(40)7)25-45-12-15-48(28-45)41-36(8)20-31(3)21-37(41)9/h10-21H,22-28H2,1-9H3,(H,49,50). The van der Waals surface area contributed by atoms with Gasteiger partial charge >= 0.3 is 5.97 Å². The van der Waals surface area contributed by atoms with Crippen LogP contribution in [0.5, 0.6) is 0 Å². The zero-order valence-electron chi connectivity index (χ0n) is 31.4. The van der Waals surface area contributed by atoms with E-state index in [9.17, 15) is 9.90 Å². The van der Waals surface area contributed by atoms with Crippen molar-refractivity contribution in [2.75, 3.05) is 54.3 Å². The Labute approximate surface area is 299 Å². The fourth-order valence-electron chi connectivity index (χ4n) is 8.95. The van der Waals surface area contributed by atoms with Crippen LogP contribution in [-0.4, -0.2) is 65.4 Å². The molecule has 0 amide bonds. The summed E-state index contributed by atoms with van der Waals surface area (Å²) in [6, 6.07) is 13.4. The number of rotatable bonds is 11. The molecule has 3 aromatic rings. The van der Waals surface area contributed by atoms with E-state index in [2.05, 4.69) is 165 Å². The fourth-order valence-corrected chi connectivity index (χ4v) is 8.95. The highest BCUT2D eigenvalue weighted by Crippen LogP contribution is 2.36. The smallest absolute Gasteiger partial charge is 0.304 e. The van der Waals surface area contributed by atoms with Crippen LogP contribution in [0.25, 0.3) is 0 Å². The number of aryl methyl sites for hydroxylation is 9. The number of hydrogen-bond donors (Lipinski definition) is 1. The molecule has 1 N–H and O–H groups in total. The van der Waals surface area contributed by atoms with Crippen LogP contribution in [0.2, 0.25) is 0 Å². The Morgan fingerprint density at radius 1 is 0.500 bits per heavy atom. The molecule has 0 unspecified atom stereocenters.